The van der Waals surface area contributed by atoms with E-state index in [-0.39, 0.29) is 0 Å². The summed E-state index contributed by atoms with van der Waals surface area (Å²) in [5.41, 5.74) is 16.2. The van der Waals surface area contributed by atoms with Crippen molar-refractivity contribution >= 4 is 86.8 Å². The molecule has 0 amide bonds. The van der Waals surface area contributed by atoms with Crippen molar-refractivity contribution in [3.8, 4) is 56.3 Å². The van der Waals surface area contributed by atoms with Gasteiger partial charge >= 0.3 is 0 Å². The van der Waals surface area contributed by atoms with Gasteiger partial charge in [-0.1, -0.05) is 158 Å². The molecule has 11 aromatic carbocycles. The van der Waals surface area contributed by atoms with E-state index in [9.17, 15) is 0 Å². The normalized spacial score (nSPS) is 12.2. The van der Waals surface area contributed by atoms with Crippen LogP contribution in [0.15, 0.2) is 218 Å². The van der Waals surface area contributed by atoms with Crippen LogP contribution in [-0.2, 0) is 0 Å². The van der Waals surface area contributed by atoms with E-state index in [0.717, 1.165) is 49.9 Å². The van der Waals surface area contributed by atoms with Gasteiger partial charge in [0.05, 0.1) is 39.0 Å². The molecule has 304 valence electrons. The maximum Gasteiger partial charge on any atom is 0.161 e. The molecular formula is C62H36N4. The Morgan fingerprint density at radius 2 is 0.848 bits per heavy atom. The van der Waals surface area contributed by atoms with Crippen molar-refractivity contribution in [2.24, 2.45) is 0 Å². The van der Waals surface area contributed by atoms with Crippen molar-refractivity contribution < 1.29 is 0 Å². The molecule has 3 heterocycles. The topological polar surface area (TPSA) is 35.6 Å². The molecule has 0 radical (unpaired) electrons. The number of rotatable bonds is 4. The molecule has 0 saturated heterocycles. The molecule has 0 N–H and O–H groups in total. The molecule has 0 unspecified atom stereocenters. The van der Waals surface area contributed by atoms with E-state index in [1.165, 1.54) is 87.4 Å². The van der Waals surface area contributed by atoms with Crippen molar-refractivity contribution in [2.75, 3.05) is 0 Å². The largest absolute Gasteiger partial charge is 0.309 e. The molecule has 0 fully saturated rings. The number of fused-ring (bicyclic) bond motifs is 12. The molecule has 3 aromatic heterocycles. The smallest absolute Gasteiger partial charge is 0.161 e. The number of hydrogen-bond donors (Lipinski definition) is 0. The van der Waals surface area contributed by atoms with Crippen molar-refractivity contribution in [3.05, 3.63) is 218 Å². The minimum atomic E-state index is 0.713. The van der Waals surface area contributed by atoms with Gasteiger partial charge in [0.2, 0.25) is 0 Å². The number of para-hydroxylation sites is 4. The van der Waals surface area contributed by atoms with Gasteiger partial charge in [-0.25, -0.2) is 9.97 Å². The molecule has 4 nitrogen and oxygen atoms in total. The molecular weight excluding hydrogens is 801 g/mol. The molecule has 14 aromatic rings. The SMILES string of the molecule is c1ccc2c(c1)-c1cccc3c(-c4nc(-c5ccc(-n6c7ccccc7c7cc8cc(-n9c%10ccccc%10c%10ccccc%109)ccc8cc76)c6ccccc56)nc5ccccc45)ccc-2c13. The highest BCUT2D eigenvalue weighted by Gasteiger charge is 2.25. The second kappa shape index (κ2) is 13.3. The summed E-state index contributed by atoms with van der Waals surface area (Å²) >= 11 is 0. The third-order valence-corrected chi connectivity index (χ3v) is 14.2. The fourth-order valence-corrected chi connectivity index (χ4v) is 11.4. The summed E-state index contributed by atoms with van der Waals surface area (Å²) in [7, 11) is 0. The van der Waals surface area contributed by atoms with Gasteiger partial charge in [0.15, 0.2) is 5.82 Å². The lowest BCUT2D eigenvalue weighted by atomic mass is 9.95. The van der Waals surface area contributed by atoms with Crippen LogP contribution in [0.5, 0.6) is 0 Å². The van der Waals surface area contributed by atoms with Crippen molar-refractivity contribution in [3.63, 3.8) is 0 Å². The highest BCUT2D eigenvalue weighted by atomic mass is 15.0. The Morgan fingerprint density at radius 1 is 0.288 bits per heavy atom. The maximum absolute atomic E-state index is 5.54. The molecule has 0 atom stereocenters. The number of nitrogens with zero attached hydrogens (tertiary/aromatic N) is 4. The van der Waals surface area contributed by atoms with E-state index < -0.39 is 0 Å². The Morgan fingerprint density at radius 3 is 1.61 bits per heavy atom. The number of benzene rings is 11. The predicted octanol–water partition coefficient (Wildman–Crippen LogP) is 16.3. The van der Waals surface area contributed by atoms with E-state index in [1.54, 1.807) is 0 Å². The maximum atomic E-state index is 5.54. The fraction of sp³-hybridized carbons (Fsp3) is 0. The highest BCUT2D eigenvalue weighted by Crippen LogP contribution is 2.50. The summed E-state index contributed by atoms with van der Waals surface area (Å²) < 4.78 is 4.85. The molecule has 15 rings (SSSR count). The lowest BCUT2D eigenvalue weighted by molar-refractivity contribution is 1.18. The van der Waals surface area contributed by atoms with E-state index in [1.807, 2.05) is 0 Å². The van der Waals surface area contributed by atoms with Gasteiger partial charge in [0.1, 0.15) is 0 Å². The highest BCUT2D eigenvalue weighted by molar-refractivity contribution is 6.20. The average Bonchev–Trinajstić information content (AvgIpc) is 4.01. The van der Waals surface area contributed by atoms with E-state index in [0.29, 0.717) is 5.82 Å². The molecule has 1 aliphatic carbocycles. The summed E-state index contributed by atoms with van der Waals surface area (Å²) in [5, 5.41) is 13.2. The van der Waals surface area contributed by atoms with Crippen LogP contribution in [-0.4, -0.2) is 19.1 Å². The fourth-order valence-electron chi connectivity index (χ4n) is 11.4. The molecule has 66 heavy (non-hydrogen) atoms. The molecule has 1 aliphatic rings. The van der Waals surface area contributed by atoms with E-state index in [2.05, 4.69) is 228 Å². The summed E-state index contributed by atoms with van der Waals surface area (Å²) in [6.45, 7) is 0. The molecule has 4 heteroatoms. The average molecular weight is 837 g/mol. The van der Waals surface area contributed by atoms with Crippen LogP contribution in [0.2, 0.25) is 0 Å². The van der Waals surface area contributed by atoms with Crippen LogP contribution < -0.4 is 0 Å². The summed E-state index contributed by atoms with van der Waals surface area (Å²) in [6, 6.07) is 79.6. The molecule has 0 spiro atoms. The lowest BCUT2D eigenvalue weighted by Gasteiger charge is -2.16. The van der Waals surface area contributed by atoms with Crippen molar-refractivity contribution in [2.45, 2.75) is 0 Å². The Kier molecular flexibility index (Phi) is 7.19. The second-order valence-electron chi connectivity index (χ2n) is 17.6. The Labute approximate surface area is 378 Å². The van der Waals surface area contributed by atoms with Gasteiger partial charge in [-0.3, -0.25) is 0 Å². The van der Waals surface area contributed by atoms with Crippen LogP contribution in [0.4, 0.5) is 0 Å². The van der Waals surface area contributed by atoms with Gasteiger partial charge in [-0.2, -0.15) is 0 Å². The van der Waals surface area contributed by atoms with Crippen LogP contribution in [0, 0.1) is 0 Å². The van der Waals surface area contributed by atoms with Crippen molar-refractivity contribution in [1.29, 1.82) is 0 Å². The van der Waals surface area contributed by atoms with E-state index >= 15 is 0 Å². The number of hydrogen-bond acceptors (Lipinski definition) is 2. The zero-order chi connectivity index (χ0) is 43.0. The lowest BCUT2D eigenvalue weighted by Crippen LogP contribution is -1.99. The Balaban J connectivity index is 0.919. The first-order valence-electron chi connectivity index (χ1n) is 22.7. The minimum Gasteiger partial charge on any atom is -0.309 e. The Bertz CT molecular complexity index is 4330. The predicted molar refractivity (Wildman–Crippen MR) is 276 cm³/mol. The summed E-state index contributed by atoms with van der Waals surface area (Å²) in [4.78, 5) is 10.8. The first-order chi connectivity index (χ1) is 32.7. The number of aromatic nitrogens is 4. The Hall–Kier alpha value is -8.86. The first kappa shape index (κ1) is 35.6. The van der Waals surface area contributed by atoms with Gasteiger partial charge in [-0.05, 0) is 110 Å². The third-order valence-electron chi connectivity index (χ3n) is 14.2. The van der Waals surface area contributed by atoms with Gasteiger partial charge in [0.25, 0.3) is 0 Å². The van der Waals surface area contributed by atoms with E-state index in [4.69, 9.17) is 9.97 Å². The summed E-state index contributed by atoms with van der Waals surface area (Å²) in [5.74, 6) is 0.713. The third kappa shape index (κ3) is 4.87. The first-order valence-corrected chi connectivity index (χ1v) is 22.7. The van der Waals surface area contributed by atoms with Gasteiger partial charge in [0, 0.05) is 49.1 Å². The van der Waals surface area contributed by atoms with Crippen molar-refractivity contribution in [1.82, 2.24) is 19.1 Å². The van der Waals surface area contributed by atoms with Crippen LogP contribution in [0.3, 0.4) is 0 Å². The van der Waals surface area contributed by atoms with Crippen LogP contribution >= 0.6 is 0 Å². The zero-order valence-corrected chi connectivity index (χ0v) is 35.6. The van der Waals surface area contributed by atoms with Gasteiger partial charge in [-0.15, -0.1) is 0 Å². The standard InChI is InChI=1S/C62H36N4/c1-2-15-41-40(14-1)47-22-13-23-48-50(31-30-49(41)60(47)48)61-52-21-5-9-24-54(52)63-62(64-61)51-32-33-58(43-17-4-3-16-42(43)51)66-57-27-12-8-20-46(57)53-35-38-34-39(29-28-37(38)36-59(53)66)65-55-25-10-6-18-44(55)45-19-7-11-26-56(45)65/h1-36H. The minimum absolute atomic E-state index is 0.713. The quantitative estimate of drug-likeness (QED) is 0.177. The monoisotopic (exact) mass is 836 g/mol. The molecule has 0 saturated carbocycles. The molecule has 0 aliphatic heterocycles. The summed E-state index contributed by atoms with van der Waals surface area (Å²) in [6.07, 6.45) is 0. The van der Waals surface area contributed by atoms with Gasteiger partial charge < -0.3 is 9.13 Å². The van der Waals surface area contributed by atoms with Crippen LogP contribution in [0.1, 0.15) is 0 Å². The zero-order valence-electron chi connectivity index (χ0n) is 35.6. The van der Waals surface area contributed by atoms with Crippen LogP contribution in [0.25, 0.3) is 143 Å². The molecule has 0 bridgehead atoms. The second-order valence-corrected chi connectivity index (χ2v) is 17.6.